The highest BCUT2D eigenvalue weighted by atomic mass is 32.2. The summed E-state index contributed by atoms with van der Waals surface area (Å²) in [5.41, 5.74) is 0.680. The average Bonchev–Trinajstić information content (AvgIpc) is 2.60. The smallest absolute Gasteiger partial charge is 0.267 e. The Balaban J connectivity index is 2.42. The number of hydrogen-bond acceptors (Lipinski definition) is 3. The topological polar surface area (TPSA) is 49.4 Å². The molecule has 0 amide bonds. The molecule has 0 saturated carbocycles. The number of sulfonamides is 1. The van der Waals surface area contributed by atoms with E-state index in [0.29, 0.717) is 13.1 Å². The van der Waals surface area contributed by atoms with Crippen LogP contribution < -0.4 is 9.62 Å². The van der Waals surface area contributed by atoms with Gasteiger partial charge in [-0.2, -0.15) is 0 Å². The molecule has 0 fully saturated rings. The predicted octanol–water partition coefficient (Wildman–Crippen LogP) is 4.03. The largest absolute Gasteiger partial charge is 0.372 e. The van der Waals surface area contributed by atoms with Crippen LogP contribution in [-0.4, -0.2) is 21.5 Å². The Morgan fingerprint density at radius 3 is 1.65 bits per heavy atom. The van der Waals surface area contributed by atoms with Crippen molar-refractivity contribution in [2.45, 2.75) is 18.7 Å². The second-order valence-electron chi connectivity index (χ2n) is 5.22. The van der Waals surface area contributed by atoms with Crippen molar-refractivity contribution in [3.05, 3.63) is 53.4 Å². The van der Waals surface area contributed by atoms with Crippen LogP contribution in [0.15, 0.2) is 29.2 Å². The molecule has 0 aromatic heterocycles. The van der Waals surface area contributed by atoms with Gasteiger partial charge in [-0.05, 0) is 38.1 Å². The number of nitrogens with zero attached hydrogens (tertiary/aromatic N) is 1. The minimum Gasteiger partial charge on any atom is -0.372 e. The molecule has 0 heterocycles. The molecule has 0 bridgehead atoms. The van der Waals surface area contributed by atoms with E-state index in [4.69, 9.17) is 0 Å². The van der Waals surface area contributed by atoms with Gasteiger partial charge in [0.15, 0.2) is 28.2 Å². The van der Waals surface area contributed by atoms with Crippen LogP contribution in [0.2, 0.25) is 0 Å². The molecule has 0 atom stereocenters. The summed E-state index contributed by atoms with van der Waals surface area (Å²) in [5.74, 6) is -11.9. The molecule has 10 heteroatoms. The van der Waals surface area contributed by atoms with E-state index in [9.17, 15) is 30.4 Å². The molecule has 0 unspecified atom stereocenters. The van der Waals surface area contributed by atoms with Gasteiger partial charge in [-0.25, -0.2) is 30.4 Å². The number of rotatable bonds is 6. The molecule has 2 aromatic rings. The standard InChI is InChI=1S/C16H15F5N2O2S/c1-3-23(4-2)10-7-5-9(6-8-10)22-26(24,25)16-14(20)12(18)11(17)13(19)15(16)21/h5-8,22H,3-4H2,1-2H3. The third kappa shape index (κ3) is 3.59. The van der Waals surface area contributed by atoms with Gasteiger partial charge >= 0.3 is 0 Å². The van der Waals surface area contributed by atoms with Crippen LogP contribution in [0.3, 0.4) is 0 Å². The third-order valence-electron chi connectivity index (χ3n) is 3.69. The maximum absolute atomic E-state index is 13.7. The van der Waals surface area contributed by atoms with Crippen LogP contribution in [0.5, 0.6) is 0 Å². The summed E-state index contributed by atoms with van der Waals surface area (Å²) in [6, 6.07) is 5.75. The van der Waals surface area contributed by atoms with Gasteiger partial charge in [0.1, 0.15) is 0 Å². The van der Waals surface area contributed by atoms with Crippen LogP contribution in [0, 0.1) is 29.1 Å². The van der Waals surface area contributed by atoms with Gasteiger partial charge < -0.3 is 4.90 Å². The fourth-order valence-corrected chi connectivity index (χ4v) is 3.56. The summed E-state index contributed by atoms with van der Waals surface area (Å²) in [5, 5.41) is 0. The van der Waals surface area contributed by atoms with E-state index in [0.717, 1.165) is 5.69 Å². The molecular formula is C16H15F5N2O2S. The van der Waals surface area contributed by atoms with E-state index >= 15 is 0 Å². The molecule has 1 N–H and O–H groups in total. The van der Waals surface area contributed by atoms with Crippen molar-refractivity contribution in [1.29, 1.82) is 0 Å². The maximum Gasteiger partial charge on any atom is 0.267 e. The summed E-state index contributed by atoms with van der Waals surface area (Å²) < 4.78 is 93.0. The van der Waals surface area contributed by atoms with Gasteiger partial charge in [0.2, 0.25) is 5.82 Å². The molecule has 26 heavy (non-hydrogen) atoms. The van der Waals surface area contributed by atoms with Crippen molar-refractivity contribution in [3.8, 4) is 0 Å². The van der Waals surface area contributed by atoms with Crippen molar-refractivity contribution in [3.63, 3.8) is 0 Å². The molecule has 0 aliphatic heterocycles. The molecule has 2 aromatic carbocycles. The van der Waals surface area contributed by atoms with Crippen LogP contribution >= 0.6 is 0 Å². The van der Waals surface area contributed by atoms with E-state index in [1.807, 2.05) is 23.5 Å². The molecule has 0 aliphatic rings. The summed E-state index contributed by atoms with van der Waals surface area (Å²) >= 11 is 0. The Morgan fingerprint density at radius 1 is 0.808 bits per heavy atom. The molecule has 4 nitrogen and oxygen atoms in total. The first-order valence-electron chi connectivity index (χ1n) is 7.53. The van der Waals surface area contributed by atoms with E-state index in [1.165, 1.54) is 12.1 Å². The fourth-order valence-electron chi connectivity index (χ4n) is 2.36. The van der Waals surface area contributed by atoms with Crippen molar-refractivity contribution in [2.75, 3.05) is 22.7 Å². The molecule has 142 valence electrons. The summed E-state index contributed by atoms with van der Waals surface area (Å²) in [6.07, 6.45) is 0. The lowest BCUT2D eigenvalue weighted by atomic mass is 10.2. The van der Waals surface area contributed by atoms with Gasteiger partial charge in [0, 0.05) is 24.5 Å². The number of anilines is 2. The Hall–Kier alpha value is -2.36. The number of benzene rings is 2. The Bertz CT molecular complexity index is 884. The van der Waals surface area contributed by atoms with E-state index in [1.54, 1.807) is 12.1 Å². The highest BCUT2D eigenvalue weighted by Crippen LogP contribution is 2.28. The predicted molar refractivity (Wildman–Crippen MR) is 87.0 cm³/mol. The number of nitrogens with one attached hydrogen (secondary N) is 1. The SMILES string of the molecule is CCN(CC)c1ccc(NS(=O)(=O)c2c(F)c(F)c(F)c(F)c2F)cc1. The average molecular weight is 394 g/mol. The number of halogens is 5. The van der Waals surface area contributed by atoms with E-state index in [-0.39, 0.29) is 5.69 Å². The Morgan fingerprint density at radius 2 is 1.23 bits per heavy atom. The second kappa shape index (κ2) is 7.48. The van der Waals surface area contributed by atoms with Gasteiger partial charge in [0.25, 0.3) is 10.0 Å². The van der Waals surface area contributed by atoms with Crippen LogP contribution in [0.1, 0.15) is 13.8 Å². The summed E-state index contributed by atoms with van der Waals surface area (Å²) in [6.45, 7) is 5.24. The van der Waals surface area contributed by atoms with Crippen LogP contribution in [0.4, 0.5) is 33.3 Å². The van der Waals surface area contributed by atoms with Crippen molar-refractivity contribution in [1.82, 2.24) is 0 Å². The first kappa shape index (κ1) is 20.0. The first-order chi connectivity index (χ1) is 12.1. The van der Waals surface area contributed by atoms with E-state index in [2.05, 4.69) is 0 Å². The van der Waals surface area contributed by atoms with Crippen LogP contribution in [0.25, 0.3) is 0 Å². The zero-order valence-corrected chi connectivity index (χ0v) is 14.6. The lowest BCUT2D eigenvalue weighted by molar-refractivity contribution is 0.358. The highest BCUT2D eigenvalue weighted by Gasteiger charge is 2.33. The van der Waals surface area contributed by atoms with Crippen molar-refractivity contribution in [2.24, 2.45) is 0 Å². The minimum atomic E-state index is -5.04. The maximum atomic E-state index is 13.7. The van der Waals surface area contributed by atoms with Gasteiger partial charge in [-0.15, -0.1) is 0 Å². The van der Waals surface area contributed by atoms with E-state index < -0.39 is 44.0 Å². The fraction of sp³-hybridized carbons (Fsp3) is 0.250. The van der Waals surface area contributed by atoms with Gasteiger partial charge in [-0.3, -0.25) is 4.72 Å². The monoisotopic (exact) mass is 394 g/mol. The second-order valence-corrected chi connectivity index (χ2v) is 6.84. The third-order valence-corrected chi connectivity index (χ3v) is 5.09. The molecular weight excluding hydrogens is 379 g/mol. The zero-order valence-electron chi connectivity index (χ0n) is 13.8. The minimum absolute atomic E-state index is 0.0927. The zero-order chi connectivity index (χ0) is 19.6. The molecule has 0 aliphatic carbocycles. The first-order valence-corrected chi connectivity index (χ1v) is 9.01. The highest BCUT2D eigenvalue weighted by molar-refractivity contribution is 7.92. The van der Waals surface area contributed by atoms with Crippen molar-refractivity contribution < 1.29 is 30.4 Å². The lowest BCUT2D eigenvalue weighted by Gasteiger charge is -2.21. The Labute approximate surface area is 147 Å². The van der Waals surface area contributed by atoms with Gasteiger partial charge in [-0.1, -0.05) is 0 Å². The number of hydrogen-bond donors (Lipinski definition) is 1. The normalized spacial score (nSPS) is 11.5. The van der Waals surface area contributed by atoms with Gasteiger partial charge in [0.05, 0.1) is 0 Å². The Kier molecular flexibility index (Phi) is 5.74. The quantitative estimate of drug-likeness (QED) is 0.457. The summed E-state index contributed by atoms with van der Waals surface area (Å²) in [4.78, 5) is 0.0317. The summed E-state index contributed by atoms with van der Waals surface area (Å²) in [7, 11) is -5.04. The molecule has 2 rings (SSSR count). The van der Waals surface area contributed by atoms with Crippen LogP contribution in [-0.2, 0) is 10.0 Å². The molecule has 0 saturated heterocycles. The van der Waals surface area contributed by atoms with Crippen molar-refractivity contribution >= 4 is 21.4 Å². The lowest BCUT2D eigenvalue weighted by Crippen LogP contribution is -2.22. The molecule has 0 radical (unpaired) electrons. The molecule has 0 spiro atoms.